The standard InChI is InChI=1S/C86H155NO18/c1-3-5-7-9-11-13-15-17-19-21-23-25-27-29-30-31-32-33-34-35-36-37-38-40-42-44-46-48-50-52-54-56-58-60-62-64-74(92)87-69(70(91)63-61-59-57-55-53-51-49-47-45-43-41-39-28-26-24-22-20-18-16-14-12-10-8-6-4-2)68-100-84-80(98)77(95)82(72(66-89)102-84)105-86-81(99)78(96)83(73(67-90)103-86)104-85-79(97)76(94)75(93)71(65-88)101-85/h5,7,11,13,17,19,23,25,29-30,32-33,69-73,75-86,88-91,93-99H,3-4,6,8-10,12,14-16,18,20-22,24,26-28,31,34-68H2,1-2H3,(H,87,92)/b7-5-,13-11-,19-17-,25-23-,30-29-,33-32-. The fourth-order valence-electron chi connectivity index (χ4n) is 14.3. The average molecular weight is 1490 g/mol. The predicted molar refractivity (Wildman–Crippen MR) is 420 cm³/mol. The number of allylic oxidation sites excluding steroid dienone is 12. The lowest BCUT2D eigenvalue weighted by Gasteiger charge is -2.48. The zero-order chi connectivity index (χ0) is 76.0. The van der Waals surface area contributed by atoms with Crippen LogP contribution in [0.25, 0.3) is 0 Å². The number of unbranched alkanes of at least 4 members (excludes halogenated alkanes) is 40. The van der Waals surface area contributed by atoms with E-state index in [9.17, 15) is 61.0 Å². The van der Waals surface area contributed by atoms with Gasteiger partial charge in [0, 0.05) is 6.42 Å². The molecule has 19 heteroatoms. The van der Waals surface area contributed by atoms with Crippen molar-refractivity contribution >= 4 is 5.91 Å². The van der Waals surface area contributed by atoms with Crippen molar-refractivity contribution in [3.05, 3.63) is 72.9 Å². The van der Waals surface area contributed by atoms with Gasteiger partial charge in [0.25, 0.3) is 0 Å². The largest absolute Gasteiger partial charge is 0.394 e. The highest BCUT2D eigenvalue weighted by Crippen LogP contribution is 2.33. The van der Waals surface area contributed by atoms with Crippen LogP contribution in [0, 0.1) is 0 Å². The van der Waals surface area contributed by atoms with Gasteiger partial charge in [-0.3, -0.25) is 4.79 Å². The van der Waals surface area contributed by atoms with Gasteiger partial charge in [-0.25, -0.2) is 0 Å². The predicted octanol–water partition coefficient (Wildman–Crippen LogP) is 15.2. The van der Waals surface area contributed by atoms with Crippen molar-refractivity contribution in [2.45, 2.75) is 439 Å². The minimum absolute atomic E-state index is 0.239. The molecule has 0 saturated carbocycles. The van der Waals surface area contributed by atoms with Crippen molar-refractivity contribution in [2.24, 2.45) is 0 Å². The fraction of sp³-hybridized carbons (Fsp3) is 0.849. The summed E-state index contributed by atoms with van der Waals surface area (Å²) in [5.74, 6) is -0.239. The van der Waals surface area contributed by atoms with Crippen LogP contribution in [0.2, 0.25) is 0 Å². The maximum absolute atomic E-state index is 13.5. The molecule has 3 fully saturated rings. The van der Waals surface area contributed by atoms with E-state index in [0.29, 0.717) is 12.8 Å². The van der Waals surface area contributed by atoms with Gasteiger partial charge < -0.3 is 89.9 Å². The van der Waals surface area contributed by atoms with Gasteiger partial charge >= 0.3 is 0 Å². The van der Waals surface area contributed by atoms with Crippen LogP contribution in [0.15, 0.2) is 72.9 Å². The summed E-state index contributed by atoms with van der Waals surface area (Å²) >= 11 is 0. The lowest BCUT2D eigenvalue weighted by molar-refractivity contribution is -0.379. The summed E-state index contributed by atoms with van der Waals surface area (Å²) in [7, 11) is 0. The van der Waals surface area contributed by atoms with Crippen molar-refractivity contribution in [3.8, 4) is 0 Å². The van der Waals surface area contributed by atoms with E-state index in [2.05, 4.69) is 92.1 Å². The minimum Gasteiger partial charge on any atom is -0.394 e. The van der Waals surface area contributed by atoms with E-state index in [0.717, 1.165) is 83.5 Å². The highest BCUT2D eigenvalue weighted by atomic mass is 16.8. The number of aliphatic hydroxyl groups is 11. The van der Waals surface area contributed by atoms with Crippen LogP contribution in [0.4, 0.5) is 0 Å². The Morgan fingerprint density at radius 1 is 0.352 bits per heavy atom. The zero-order valence-electron chi connectivity index (χ0n) is 65.7. The number of carbonyl (C=O) groups excluding carboxylic acids is 1. The molecule has 3 aliphatic rings. The smallest absolute Gasteiger partial charge is 0.220 e. The van der Waals surface area contributed by atoms with Gasteiger partial charge in [-0.05, 0) is 64.2 Å². The van der Waals surface area contributed by atoms with E-state index < -0.39 is 124 Å². The second kappa shape index (κ2) is 65.9. The van der Waals surface area contributed by atoms with Crippen molar-refractivity contribution in [2.75, 3.05) is 26.4 Å². The van der Waals surface area contributed by atoms with E-state index in [1.807, 2.05) is 0 Å². The Hall–Kier alpha value is -2.77. The van der Waals surface area contributed by atoms with Crippen molar-refractivity contribution < 1.29 is 89.4 Å². The van der Waals surface area contributed by atoms with Crippen LogP contribution in [0.1, 0.15) is 335 Å². The van der Waals surface area contributed by atoms with E-state index in [4.69, 9.17) is 28.4 Å². The molecule has 0 aromatic rings. The molecule has 0 aliphatic carbocycles. The summed E-state index contributed by atoms with van der Waals surface area (Å²) in [6.45, 7) is 1.73. The summed E-state index contributed by atoms with van der Waals surface area (Å²) < 4.78 is 34.6. The first kappa shape index (κ1) is 96.4. The lowest BCUT2D eigenvalue weighted by Crippen LogP contribution is -2.66. The molecule has 0 spiro atoms. The molecule has 3 saturated heterocycles. The molecule has 0 bridgehead atoms. The Kier molecular flexibility index (Phi) is 60.5. The van der Waals surface area contributed by atoms with Crippen LogP contribution >= 0.6 is 0 Å². The molecule has 1 amide bonds. The second-order valence-electron chi connectivity index (χ2n) is 30.3. The number of ether oxygens (including phenoxy) is 6. The van der Waals surface area contributed by atoms with E-state index in [-0.39, 0.29) is 18.9 Å². The first-order valence-electron chi connectivity index (χ1n) is 42.7. The molecular weight excluding hydrogens is 1330 g/mol. The van der Waals surface area contributed by atoms with Gasteiger partial charge in [0.05, 0.1) is 38.6 Å². The third-order valence-electron chi connectivity index (χ3n) is 21.0. The average Bonchev–Trinajstić information content (AvgIpc) is 0.781. The van der Waals surface area contributed by atoms with Gasteiger partial charge in [0.2, 0.25) is 5.91 Å². The normalized spacial score (nSPS) is 26.1. The number of nitrogens with one attached hydrogen (secondary N) is 1. The van der Waals surface area contributed by atoms with Crippen LogP contribution in [0.3, 0.4) is 0 Å². The lowest BCUT2D eigenvalue weighted by atomic mass is 9.96. The molecular formula is C86H155NO18. The summed E-state index contributed by atoms with van der Waals surface area (Å²) in [5.41, 5.74) is 0. The molecule has 0 aromatic heterocycles. The van der Waals surface area contributed by atoms with Crippen LogP contribution in [-0.4, -0.2) is 193 Å². The van der Waals surface area contributed by atoms with Crippen LogP contribution in [0.5, 0.6) is 0 Å². The van der Waals surface area contributed by atoms with Crippen LogP contribution < -0.4 is 5.32 Å². The third-order valence-corrected chi connectivity index (χ3v) is 21.0. The maximum atomic E-state index is 13.5. The Morgan fingerprint density at radius 2 is 0.657 bits per heavy atom. The Labute approximate surface area is 636 Å². The number of hydrogen-bond donors (Lipinski definition) is 12. The Bertz CT molecular complexity index is 2180. The van der Waals surface area contributed by atoms with Gasteiger partial charge in [-0.1, -0.05) is 337 Å². The molecule has 17 atom stereocenters. The number of carbonyl (C=O) groups is 1. The quantitative estimate of drug-likeness (QED) is 0.0199. The summed E-state index contributed by atoms with van der Waals surface area (Å²) in [6, 6.07) is -0.891. The molecule has 3 rings (SSSR count). The molecule has 17 unspecified atom stereocenters. The Morgan fingerprint density at radius 3 is 1.03 bits per heavy atom. The zero-order valence-corrected chi connectivity index (χ0v) is 65.7. The molecule has 12 N–H and O–H groups in total. The van der Waals surface area contributed by atoms with Gasteiger partial charge in [0.1, 0.15) is 73.2 Å². The molecule has 3 aliphatic heterocycles. The summed E-state index contributed by atoms with van der Waals surface area (Å²) in [5, 5.41) is 121. The fourth-order valence-corrected chi connectivity index (χ4v) is 14.3. The highest BCUT2D eigenvalue weighted by Gasteiger charge is 2.54. The molecule has 105 heavy (non-hydrogen) atoms. The number of hydrogen-bond acceptors (Lipinski definition) is 18. The third kappa shape index (κ3) is 45.4. The summed E-state index contributed by atoms with van der Waals surface area (Å²) in [4.78, 5) is 13.5. The summed E-state index contributed by atoms with van der Waals surface area (Å²) in [6.07, 6.45) is 59.9. The monoisotopic (exact) mass is 1490 g/mol. The first-order chi connectivity index (χ1) is 51.3. The molecule has 3 heterocycles. The van der Waals surface area contributed by atoms with Crippen molar-refractivity contribution in [1.82, 2.24) is 5.32 Å². The highest BCUT2D eigenvalue weighted by molar-refractivity contribution is 5.76. The van der Waals surface area contributed by atoms with Crippen LogP contribution in [-0.2, 0) is 33.2 Å². The second-order valence-corrected chi connectivity index (χ2v) is 30.3. The van der Waals surface area contributed by atoms with Gasteiger partial charge in [-0.15, -0.1) is 0 Å². The van der Waals surface area contributed by atoms with E-state index in [1.54, 1.807) is 0 Å². The maximum Gasteiger partial charge on any atom is 0.220 e. The molecule has 612 valence electrons. The minimum atomic E-state index is -1.97. The number of rotatable bonds is 68. The molecule has 19 nitrogen and oxygen atoms in total. The van der Waals surface area contributed by atoms with Crippen molar-refractivity contribution in [1.29, 1.82) is 0 Å². The van der Waals surface area contributed by atoms with E-state index in [1.165, 1.54) is 218 Å². The molecule has 0 radical (unpaired) electrons. The number of amides is 1. The number of aliphatic hydroxyl groups excluding tert-OH is 11. The molecule has 0 aromatic carbocycles. The topological polar surface area (TPSA) is 307 Å². The van der Waals surface area contributed by atoms with Crippen molar-refractivity contribution in [3.63, 3.8) is 0 Å². The van der Waals surface area contributed by atoms with E-state index >= 15 is 0 Å². The van der Waals surface area contributed by atoms with Gasteiger partial charge in [0.15, 0.2) is 18.9 Å². The van der Waals surface area contributed by atoms with Gasteiger partial charge in [-0.2, -0.15) is 0 Å². The Balaban J connectivity index is 1.34. The first-order valence-corrected chi connectivity index (χ1v) is 42.7. The SMILES string of the molecule is CC/C=C\C/C=C\C/C=C\C/C=C\C/C=C\C/C=C\CCCCCCCCCCCCCCCCCCC(=O)NC(COC1OC(CO)C(OC2OC(CO)C(OC3OC(CO)C(O)C(O)C3O)C(O)C2O)C(O)C1O)C(O)CCCCCCCCCCCCCCCCCCCCCCCCCCC.